The predicted molar refractivity (Wildman–Crippen MR) is 196 cm³/mol. The number of amides is 1. The minimum atomic E-state index is -3.91. The maximum atomic E-state index is 12.9. The molecule has 3 heterocycles. The lowest BCUT2D eigenvalue weighted by Gasteiger charge is -2.37. The first-order valence-corrected chi connectivity index (χ1v) is 18.6. The number of anilines is 1. The van der Waals surface area contributed by atoms with Crippen molar-refractivity contribution < 1.29 is 36.3 Å². The number of imidazole rings is 1. The van der Waals surface area contributed by atoms with Crippen LogP contribution in [-0.4, -0.2) is 73.1 Å². The number of benzene rings is 4. The van der Waals surface area contributed by atoms with Gasteiger partial charge < -0.3 is 24.3 Å². The topological polar surface area (TPSA) is 153 Å². The van der Waals surface area contributed by atoms with Gasteiger partial charge in [-0.15, -0.1) is 0 Å². The summed E-state index contributed by atoms with van der Waals surface area (Å²) in [6.07, 6.45) is 1.44. The molecule has 0 radical (unpaired) electrons. The van der Waals surface area contributed by atoms with E-state index in [1.54, 1.807) is 43.1 Å². The van der Waals surface area contributed by atoms with Crippen molar-refractivity contribution in [3.8, 4) is 11.5 Å². The van der Waals surface area contributed by atoms with Gasteiger partial charge in [-0.2, -0.15) is 8.42 Å². The van der Waals surface area contributed by atoms with Gasteiger partial charge in [0.15, 0.2) is 17.0 Å². The number of hydrogen-bond acceptors (Lipinski definition) is 11. The number of nitrogens with zero attached hydrogens (tertiary/aromatic N) is 4. The summed E-state index contributed by atoms with van der Waals surface area (Å²) in [5.41, 5.74) is 2.41. The molecular weight excluding hydrogens is 699 g/mol. The Bertz CT molecular complexity index is 2240. The average Bonchev–Trinajstić information content (AvgIpc) is 3.80. The Morgan fingerprint density at radius 2 is 1.42 bits per heavy atom. The third kappa shape index (κ3) is 7.48. The van der Waals surface area contributed by atoms with Crippen molar-refractivity contribution in [3.63, 3.8) is 0 Å². The fourth-order valence-electron chi connectivity index (χ4n) is 6.55. The van der Waals surface area contributed by atoms with Crippen LogP contribution in [0.5, 0.6) is 11.5 Å². The number of rotatable bonds is 13. The van der Waals surface area contributed by atoms with E-state index in [-0.39, 0.29) is 24.8 Å². The number of ether oxygens (including phenoxy) is 4. The van der Waals surface area contributed by atoms with Crippen LogP contribution in [0.25, 0.3) is 11.2 Å². The summed E-state index contributed by atoms with van der Waals surface area (Å²) < 4.78 is 57.0. The number of hydrogen-bond donors (Lipinski definition) is 1. The lowest BCUT2D eigenvalue weighted by atomic mass is 9.80. The van der Waals surface area contributed by atoms with Gasteiger partial charge in [-0.05, 0) is 53.1 Å². The molecule has 272 valence electrons. The van der Waals surface area contributed by atoms with Crippen LogP contribution in [0.15, 0.2) is 122 Å². The van der Waals surface area contributed by atoms with Crippen molar-refractivity contribution in [3.05, 3.63) is 144 Å². The maximum absolute atomic E-state index is 12.9. The minimum Gasteiger partial charge on any atom is -0.497 e. The van der Waals surface area contributed by atoms with Crippen LogP contribution in [0.1, 0.15) is 39.7 Å². The lowest BCUT2D eigenvalue weighted by molar-refractivity contribution is -0.0896. The van der Waals surface area contributed by atoms with Gasteiger partial charge in [0.1, 0.15) is 41.9 Å². The molecule has 1 fully saturated rings. The SMILES string of the molecule is COc1ccc(C(OC[C@H]2O[C@@H](n3cnc4c(NC(=O)c5ccccc5)ncnc43)C[C@H]2OS(C)(=O)=O)(c2ccccc2)c2ccc(OC)cc2)cc1. The van der Waals surface area contributed by atoms with Crippen LogP contribution in [0.2, 0.25) is 0 Å². The Morgan fingerprint density at radius 3 is 2.00 bits per heavy atom. The minimum absolute atomic E-state index is 0.0797. The van der Waals surface area contributed by atoms with Gasteiger partial charge in [0.05, 0.1) is 33.4 Å². The van der Waals surface area contributed by atoms with Crippen LogP contribution in [0.3, 0.4) is 0 Å². The zero-order chi connectivity index (χ0) is 37.0. The predicted octanol–water partition coefficient (Wildman–Crippen LogP) is 5.74. The van der Waals surface area contributed by atoms with E-state index < -0.39 is 34.2 Å². The number of fused-ring (bicyclic) bond motifs is 1. The molecule has 3 atom stereocenters. The second kappa shape index (κ2) is 15.1. The van der Waals surface area contributed by atoms with Gasteiger partial charge in [-0.25, -0.2) is 15.0 Å². The number of methoxy groups -OCH3 is 2. The molecule has 1 amide bonds. The van der Waals surface area contributed by atoms with Crippen molar-refractivity contribution in [1.29, 1.82) is 0 Å². The molecule has 0 bridgehead atoms. The van der Waals surface area contributed by atoms with E-state index in [4.69, 9.17) is 23.1 Å². The first-order chi connectivity index (χ1) is 25.7. The van der Waals surface area contributed by atoms with Crippen LogP contribution < -0.4 is 14.8 Å². The van der Waals surface area contributed by atoms with Crippen LogP contribution in [0.4, 0.5) is 5.82 Å². The first kappa shape index (κ1) is 35.7. The highest BCUT2D eigenvalue weighted by Gasteiger charge is 2.44. The van der Waals surface area contributed by atoms with E-state index in [0.717, 1.165) is 22.9 Å². The van der Waals surface area contributed by atoms with E-state index in [9.17, 15) is 13.2 Å². The second-order valence-corrected chi connectivity index (χ2v) is 14.0. The van der Waals surface area contributed by atoms with Gasteiger partial charge >= 0.3 is 0 Å². The highest BCUT2D eigenvalue weighted by Crippen LogP contribution is 2.43. The van der Waals surface area contributed by atoms with Gasteiger partial charge in [0.25, 0.3) is 16.0 Å². The molecule has 1 saturated heterocycles. The summed E-state index contributed by atoms with van der Waals surface area (Å²) in [5, 5.41) is 2.81. The molecule has 53 heavy (non-hydrogen) atoms. The molecule has 0 spiro atoms. The van der Waals surface area contributed by atoms with Gasteiger partial charge in [-0.1, -0.05) is 72.8 Å². The van der Waals surface area contributed by atoms with E-state index in [1.807, 2.05) is 84.9 Å². The molecule has 2 aromatic heterocycles. The Morgan fingerprint density at radius 1 is 0.830 bits per heavy atom. The van der Waals surface area contributed by atoms with Crippen molar-refractivity contribution in [2.45, 2.75) is 30.5 Å². The Hall–Kier alpha value is -5.67. The summed E-state index contributed by atoms with van der Waals surface area (Å²) in [5.74, 6) is 1.21. The summed E-state index contributed by atoms with van der Waals surface area (Å²) in [6, 6.07) is 33.7. The zero-order valence-electron chi connectivity index (χ0n) is 29.2. The largest absolute Gasteiger partial charge is 0.497 e. The summed E-state index contributed by atoms with van der Waals surface area (Å²) in [7, 11) is -0.702. The highest BCUT2D eigenvalue weighted by molar-refractivity contribution is 7.86. The molecule has 0 unspecified atom stereocenters. The lowest BCUT2D eigenvalue weighted by Crippen LogP contribution is -2.39. The summed E-state index contributed by atoms with van der Waals surface area (Å²) >= 11 is 0. The fourth-order valence-corrected chi connectivity index (χ4v) is 7.20. The molecular formula is C39H37N5O8S. The third-order valence-electron chi connectivity index (χ3n) is 9.05. The molecule has 6 aromatic rings. The first-order valence-electron chi connectivity index (χ1n) is 16.7. The zero-order valence-corrected chi connectivity index (χ0v) is 30.0. The van der Waals surface area contributed by atoms with Gasteiger partial charge in [-0.3, -0.25) is 13.5 Å². The maximum Gasteiger partial charge on any atom is 0.264 e. The average molecular weight is 736 g/mol. The van der Waals surface area contributed by atoms with Crippen LogP contribution >= 0.6 is 0 Å². The smallest absolute Gasteiger partial charge is 0.264 e. The highest BCUT2D eigenvalue weighted by atomic mass is 32.2. The monoisotopic (exact) mass is 735 g/mol. The number of carbonyl (C=O) groups excluding carboxylic acids is 1. The number of aromatic nitrogens is 4. The van der Waals surface area contributed by atoms with E-state index in [0.29, 0.717) is 28.2 Å². The molecule has 14 heteroatoms. The Labute approximate surface area is 306 Å². The van der Waals surface area contributed by atoms with E-state index in [2.05, 4.69) is 20.3 Å². The molecule has 0 aliphatic carbocycles. The van der Waals surface area contributed by atoms with E-state index >= 15 is 0 Å². The molecule has 1 N–H and O–H groups in total. The molecule has 1 aliphatic heterocycles. The van der Waals surface area contributed by atoms with Crippen LogP contribution in [-0.2, 0) is 29.4 Å². The van der Waals surface area contributed by atoms with Gasteiger partial charge in [0.2, 0.25) is 0 Å². The van der Waals surface area contributed by atoms with Crippen LogP contribution in [0, 0.1) is 0 Å². The van der Waals surface area contributed by atoms with E-state index in [1.165, 1.54) is 12.7 Å². The molecule has 7 rings (SSSR count). The Balaban J connectivity index is 1.24. The second-order valence-electron chi connectivity index (χ2n) is 12.4. The summed E-state index contributed by atoms with van der Waals surface area (Å²) in [6.45, 7) is -0.0797. The van der Waals surface area contributed by atoms with Gasteiger partial charge in [0, 0.05) is 12.0 Å². The normalized spacial score (nSPS) is 17.5. The molecule has 4 aromatic carbocycles. The van der Waals surface area contributed by atoms with Crippen molar-refractivity contribution >= 4 is 33.0 Å². The Kier molecular flexibility index (Phi) is 10.2. The van der Waals surface area contributed by atoms with Crippen molar-refractivity contribution in [2.24, 2.45) is 0 Å². The standard InChI is InChI=1S/C39H37N5O8S/c1-48-30-18-14-28(15-19-30)39(27-12-8-5-9-13-27,29-16-20-31(49-2)21-17-29)50-23-33-32(52-53(3,46)47)22-34(51-33)44-25-42-35-36(40-24-41-37(35)44)43-38(45)26-10-6-4-7-11-26/h4-21,24-25,32-34H,22-23H2,1-3H3,(H,40,41,43,45)/t32-,33-,34-/m1/s1. The fraction of sp³-hybridized carbons (Fsp3) is 0.231. The number of nitrogens with one attached hydrogen (secondary N) is 1. The quantitative estimate of drug-likeness (QED) is 0.114. The van der Waals surface area contributed by atoms with Crippen molar-refractivity contribution in [1.82, 2.24) is 19.5 Å². The number of carbonyl (C=O) groups is 1. The third-order valence-corrected chi connectivity index (χ3v) is 9.65. The molecule has 1 aliphatic rings. The molecule has 0 saturated carbocycles. The summed E-state index contributed by atoms with van der Waals surface area (Å²) in [4.78, 5) is 26.1. The van der Waals surface area contributed by atoms with Crippen molar-refractivity contribution in [2.75, 3.05) is 32.4 Å². The molecule has 13 nitrogen and oxygen atoms in total.